The summed E-state index contributed by atoms with van der Waals surface area (Å²) < 4.78 is 5.23. The van der Waals surface area contributed by atoms with E-state index in [1.54, 1.807) is 11.0 Å². The molecule has 1 aliphatic heterocycles. The lowest BCUT2D eigenvalue weighted by Crippen LogP contribution is -2.53. The second kappa shape index (κ2) is 5.05. The minimum Gasteiger partial charge on any atom is -0.469 e. The summed E-state index contributed by atoms with van der Waals surface area (Å²) in [4.78, 5) is 25.0. The van der Waals surface area contributed by atoms with E-state index in [1.807, 2.05) is 6.92 Å². The van der Waals surface area contributed by atoms with Crippen molar-refractivity contribution in [3.63, 3.8) is 0 Å². The molecule has 0 atom stereocenters. The predicted octanol–water partition coefficient (Wildman–Crippen LogP) is 0.294. The van der Waals surface area contributed by atoms with Crippen LogP contribution in [-0.4, -0.2) is 40.5 Å². The van der Waals surface area contributed by atoms with Gasteiger partial charge in [0.25, 0.3) is 5.91 Å². The Kier molecular flexibility index (Phi) is 3.61. The molecule has 1 aliphatic rings. The molecule has 1 aromatic rings. The Bertz CT molecular complexity index is 487. The molecule has 0 aliphatic carbocycles. The summed E-state index contributed by atoms with van der Waals surface area (Å²) in [6.07, 6.45) is 2.49. The Morgan fingerprint density at radius 2 is 2.11 bits per heavy atom. The largest absolute Gasteiger partial charge is 0.469 e. The van der Waals surface area contributed by atoms with Gasteiger partial charge in [0.05, 0.1) is 11.8 Å². The van der Waals surface area contributed by atoms with E-state index in [0.717, 1.165) is 0 Å². The molecular formula is C13H18N2O4. The standard InChI is InChI=1S/C13H18N2O4/c1-2-10-9(3-8-19-10)11(16)15-6-4-13(18,5-7-15)12(14)17/h3,8,18H,2,4-7H2,1H3,(H2,14,17). The lowest BCUT2D eigenvalue weighted by molar-refractivity contribution is -0.140. The number of furan rings is 1. The molecular weight excluding hydrogens is 248 g/mol. The maximum absolute atomic E-state index is 12.3. The number of aliphatic hydroxyl groups is 1. The van der Waals surface area contributed by atoms with Crippen molar-refractivity contribution in [2.45, 2.75) is 31.8 Å². The highest BCUT2D eigenvalue weighted by Crippen LogP contribution is 2.24. The monoisotopic (exact) mass is 266 g/mol. The van der Waals surface area contributed by atoms with Crippen molar-refractivity contribution < 1.29 is 19.1 Å². The van der Waals surface area contributed by atoms with Crippen LogP contribution in [-0.2, 0) is 11.2 Å². The van der Waals surface area contributed by atoms with Crippen LogP contribution in [0.2, 0.25) is 0 Å². The Labute approximate surface area is 111 Å². The van der Waals surface area contributed by atoms with Gasteiger partial charge < -0.3 is 20.2 Å². The van der Waals surface area contributed by atoms with E-state index in [1.165, 1.54) is 6.26 Å². The molecule has 104 valence electrons. The van der Waals surface area contributed by atoms with Crippen LogP contribution in [0.3, 0.4) is 0 Å². The van der Waals surface area contributed by atoms with E-state index in [0.29, 0.717) is 30.8 Å². The fraction of sp³-hybridized carbons (Fsp3) is 0.538. The SMILES string of the molecule is CCc1occc1C(=O)N1CCC(O)(C(N)=O)CC1. The first-order valence-electron chi connectivity index (χ1n) is 6.36. The molecule has 0 spiro atoms. The summed E-state index contributed by atoms with van der Waals surface area (Å²) in [5.41, 5.74) is 4.22. The molecule has 6 nitrogen and oxygen atoms in total. The number of nitrogens with two attached hydrogens (primary N) is 1. The first-order chi connectivity index (χ1) is 8.98. The average Bonchev–Trinajstić information content (AvgIpc) is 2.87. The molecule has 2 heterocycles. The Balaban J connectivity index is 2.06. The van der Waals surface area contributed by atoms with Crippen LogP contribution in [0.25, 0.3) is 0 Å². The van der Waals surface area contributed by atoms with E-state index in [9.17, 15) is 14.7 Å². The zero-order valence-electron chi connectivity index (χ0n) is 10.9. The summed E-state index contributed by atoms with van der Waals surface area (Å²) in [7, 11) is 0. The number of carbonyl (C=O) groups excluding carboxylic acids is 2. The van der Waals surface area contributed by atoms with Crippen molar-refractivity contribution in [2.75, 3.05) is 13.1 Å². The number of nitrogens with zero attached hydrogens (tertiary/aromatic N) is 1. The number of aryl methyl sites for hydroxylation is 1. The van der Waals surface area contributed by atoms with Gasteiger partial charge in [-0.15, -0.1) is 0 Å². The summed E-state index contributed by atoms with van der Waals surface area (Å²) in [6, 6.07) is 1.65. The minimum absolute atomic E-state index is 0.128. The van der Waals surface area contributed by atoms with E-state index >= 15 is 0 Å². The molecule has 1 aromatic heterocycles. The summed E-state index contributed by atoms with van der Waals surface area (Å²) in [5, 5.41) is 9.95. The summed E-state index contributed by atoms with van der Waals surface area (Å²) in [5.74, 6) is -0.199. The van der Waals surface area contributed by atoms with Crippen molar-refractivity contribution >= 4 is 11.8 Å². The first kappa shape index (κ1) is 13.6. The van der Waals surface area contributed by atoms with Crippen molar-refractivity contribution in [3.05, 3.63) is 23.7 Å². The molecule has 0 aromatic carbocycles. The van der Waals surface area contributed by atoms with Crippen molar-refractivity contribution in [1.29, 1.82) is 0 Å². The smallest absolute Gasteiger partial charge is 0.257 e. The molecule has 0 radical (unpaired) electrons. The molecule has 6 heteroatoms. The third-order valence-electron chi connectivity index (χ3n) is 3.63. The van der Waals surface area contributed by atoms with Crippen LogP contribution in [0, 0.1) is 0 Å². The van der Waals surface area contributed by atoms with Crippen LogP contribution in [0.15, 0.2) is 16.7 Å². The summed E-state index contributed by atoms with van der Waals surface area (Å²) >= 11 is 0. The van der Waals surface area contributed by atoms with Gasteiger partial charge in [0, 0.05) is 32.4 Å². The third-order valence-corrected chi connectivity index (χ3v) is 3.63. The lowest BCUT2D eigenvalue weighted by Gasteiger charge is -2.35. The van der Waals surface area contributed by atoms with E-state index < -0.39 is 11.5 Å². The van der Waals surface area contributed by atoms with Gasteiger partial charge >= 0.3 is 0 Å². The fourth-order valence-electron chi connectivity index (χ4n) is 2.30. The quantitative estimate of drug-likeness (QED) is 0.822. The molecule has 3 N–H and O–H groups in total. The van der Waals surface area contributed by atoms with E-state index in [-0.39, 0.29) is 18.7 Å². The van der Waals surface area contributed by atoms with Gasteiger partial charge in [0.2, 0.25) is 5.91 Å². The molecule has 19 heavy (non-hydrogen) atoms. The highest BCUT2D eigenvalue weighted by atomic mass is 16.3. The van der Waals surface area contributed by atoms with E-state index in [2.05, 4.69) is 0 Å². The Hall–Kier alpha value is -1.82. The second-order valence-electron chi connectivity index (χ2n) is 4.80. The number of primary amides is 1. The van der Waals surface area contributed by atoms with Gasteiger partial charge in [-0.05, 0) is 6.07 Å². The van der Waals surface area contributed by atoms with Gasteiger partial charge in [-0.3, -0.25) is 9.59 Å². The van der Waals surface area contributed by atoms with Gasteiger partial charge in [0.1, 0.15) is 11.4 Å². The molecule has 1 fully saturated rings. The highest BCUT2D eigenvalue weighted by Gasteiger charge is 2.39. The predicted molar refractivity (Wildman–Crippen MR) is 67.4 cm³/mol. The third kappa shape index (κ3) is 2.49. The van der Waals surface area contributed by atoms with Crippen LogP contribution in [0.4, 0.5) is 0 Å². The summed E-state index contributed by atoms with van der Waals surface area (Å²) in [6.45, 7) is 2.54. The molecule has 0 saturated carbocycles. The number of likely N-dealkylation sites (tertiary alicyclic amines) is 1. The second-order valence-corrected chi connectivity index (χ2v) is 4.80. The maximum atomic E-state index is 12.3. The molecule has 2 rings (SSSR count). The van der Waals surface area contributed by atoms with Gasteiger partial charge in [-0.2, -0.15) is 0 Å². The van der Waals surface area contributed by atoms with Crippen LogP contribution >= 0.6 is 0 Å². The Morgan fingerprint density at radius 3 is 2.63 bits per heavy atom. The number of hydrogen-bond acceptors (Lipinski definition) is 4. The van der Waals surface area contributed by atoms with Gasteiger partial charge in [-0.1, -0.05) is 6.92 Å². The highest BCUT2D eigenvalue weighted by molar-refractivity contribution is 5.95. The van der Waals surface area contributed by atoms with Gasteiger partial charge in [-0.25, -0.2) is 0 Å². The molecule has 2 amide bonds. The van der Waals surface area contributed by atoms with Crippen molar-refractivity contribution in [1.82, 2.24) is 4.90 Å². The molecule has 0 bridgehead atoms. The number of hydrogen-bond donors (Lipinski definition) is 2. The number of amides is 2. The van der Waals surface area contributed by atoms with Crippen LogP contribution < -0.4 is 5.73 Å². The van der Waals surface area contributed by atoms with E-state index in [4.69, 9.17) is 10.2 Å². The normalized spacial score (nSPS) is 18.3. The molecule has 0 unspecified atom stereocenters. The zero-order chi connectivity index (χ0) is 14.0. The lowest BCUT2D eigenvalue weighted by atomic mass is 9.90. The van der Waals surface area contributed by atoms with Crippen LogP contribution in [0.1, 0.15) is 35.9 Å². The molecule has 1 saturated heterocycles. The van der Waals surface area contributed by atoms with Crippen LogP contribution in [0.5, 0.6) is 0 Å². The number of carbonyl (C=O) groups is 2. The average molecular weight is 266 g/mol. The zero-order valence-corrected chi connectivity index (χ0v) is 10.9. The van der Waals surface area contributed by atoms with Crippen molar-refractivity contribution in [2.24, 2.45) is 5.73 Å². The topological polar surface area (TPSA) is 96.8 Å². The minimum atomic E-state index is -1.49. The Morgan fingerprint density at radius 1 is 1.47 bits per heavy atom. The van der Waals surface area contributed by atoms with Crippen molar-refractivity contribution in [3.8, 4) is 0 Å². The first-order valence-corrected chi connectivity index (χ1v) is 6.36. The van der Waals surface area contributed by atoms with Gasteiger partial charge in [0.15, 0.2) is 0 Å². The fourth-order valence-corrected chi connectivity index (χ4v) is 2.30. The number of rotatable bonds is 3. The maximum Gasteiger partial charge on any atom is 0.257 e. The number of piperidine rings is 1.